The van der Waals surface area contributed by atoms with E-state index < -0.39 is 47.9 Å². The Labute approximate surface area is 249 Å². The molecule has 228 valence electrons. The maximum atomic E-state index is 13.4. The number of aromatic nitrogens is 3. The highest BCUT2D eigenvalue weighted by molar-refractivity contribution is 6.00. The number of ether oxygens (including phenoxy) is 1. The van der Waals surface area contributed by atoms with Crippen LogP contribution >= 0.6 is 0 Å². The van der Waals surface area contributed by atoms with Gasteiger partial charge in [0.15, 0.2) is 0 Å². The van der Waals surface area contributed by atoms with Crippen LogP contribution in [0.4, 0.5) is 0 Å². The smallest absolute Gasteiger partial charge is 0.255 e. The molecule has 2 heterocycles. The largest absolute Gasteiger partial charge is 0.491 e. The number of hydrogen-bond donors (Lipinski definition) is 5. The number of benzene rings is 2. The summed E-state index contributed by atoms with van der Waals surface area (Å²) in [5.41, 5.74) is 2.35. The van der Waals surface area contributed by atoms with E-state index in [0.717, 1.165) is 11.1 Å². The van der Waals surface area contributed by atoms with Gasteiger partial charge in [-0.05, 0) is 38.0 Å². The van der Waals surface area contributed by atoms with Crippen molar-refractivity contribution < 1.29 is 29.0 Å². The maximum Gasteiger partial charge on any atom is 0.255 e. The molecule has 2 bridgehead atoms. The number of aliphatic hydroxyl groups excluding tert-OH is 1. The van der Waals surface area contributed by atoms with Crippen LogP contribution in [0.15, 0.2) is 54.7 Å². The third kappa shape index (κ3) is 8.38. The van der Waals surface area contributed by atoms with Gasteiger partial charge in [-0.2, -0.15) is 0 Å². The van der Waals surface area contributed by atoms with E-state index in [2.05, 4.69) is 31.6 Å². The van der Waals surface area contributed by atoms with Crippen molar-refractivity contribution in [2.45, 2.75) is 70.9 Å². The van der Waals surface area contributed by atoms with Gasteiger partial charge in [0, 0.05) is 6.42 Å². The molecular formula is C30H37N7O6. The van der Waals surface area contributed by atoms with Gasteiger partial charge >= 0.3 is 0 Å². The lowest BCUT2D eigenvalue weighted by atomic mass is 10.0. The second-order valence-corrected chi connectivity index (χ2v) is 10.5. The zero-order chi connectivity index (χ0) is 30.9. The summed E-state index contributed by atoms with van der Waals surface area (Å²) in [5, 5.41) is 29.3. The average molecular weight is 592 g/mol. The van der Waals surface area contributed by atoms with Gasteiger partial charge < -0.3 is 31.1 Å². The zero-order valence-electron chi connectivity index (χ0n) is 24.4. The predicted molar refractivity (Wildman–Crippen MR) is 156 cm³/mol. The van der Waals surface area contributed by atoms with Gasteiger partial charge in [0.1, 0.15) is 36.2 Å². The first-order valence-corrected chi connectivity index (χ1v) is 14.2. The normalized spacial score (nSPS) is 21.3. The van der Waals surface area contributed by atoms with Crippen molar-refractivity contribution in [1.82, 2.24) is 36.3 Å². The summed E-state index contributed by atoms with van der Waals surface area (Å²) >= 11 is 0. The number of aryl methyl sites for hydroxylation is 1. The van der Waals surface area contributed by atoms with Gasteiger partial charge in [-0.25, -0.2) is 4.68 Å². The monoisotopic (exact) mass is 591 g/mol. The first-order valence-electron chi connectivity index (χ1n) is 14.2. The van der Waals surface area contributed by atoms with Crippen molar-refractivity contribution in [2.75, 3.05) is 6.61 Å². The second kappa shape index (κ2) is 14.4. The molecular weight excluding hydrogens is 554 g/mol. The Morgan fingerprint density at radius 2 is 1.77 bits per heavy atom. The molecule has 0 spiro atoms. The molecule has 4 rings (SSSR count). The standard InChI is InChI=1S/C30H37N7O6/c1-4-23-29(41)34-26(19(3)38)30(42)33-24(15-20-8-6-5-7-9-20)28(40)31-16-21-17-37(36-35-21)12-13-43-25-11-10-18(2)14-22(25)27(39)32-23/h5-11,14,17,19,23-24,26,38H,4,12-13,15-16H2,1-3H3,(H,31,40)(H,32,39)(H,33,42)(H,34,41)/t19-,23+,24-,26+/m1/s1. The Kier molecular flexibility index (Phi) is 10.4. The molecule has 4 amide bonds. The zero-order valence-corrected chi connectivity index (χ0v) is 24.4. The molecule has 1 aliphatic rings. The average Bonchev–Trinajstić information content (AvgIpc) is 3.45. The van der Waals surface area contributed by atoms with E-state index in [1.165, 1.54) is 6.92 Å². The third-order valence-electron chi connectivity index (χ3n) is 7.00. The van der Waals surface area contributed by atoms with Crippen LogP contribution in [-0.4, -0.2) is 74.6 Å². The van der Waals surface area contributed by atoms with Crippen LogP contribution in [0.3, 0.4) is 0 Å². The molecule has 1 aliphatic heterocycles. The molecule has 4 atom stereocenters. The Morgan fingerprint density at radius 1 is 1.00 bits per heavy atom. The van der Waals surface area contributed by atoms with Crippen molar-refractivity contribution in [3.63, 3.8) is 0 Å². The summed E-state index contributed by atoms with van der Waals surface area (Å²) in [6.45, 7) is 5.45. The Bertz CT molecular complexity index is 1440. The van der Waals surface area contributed by atoms with Crippen molar-refractivity contribution >= 4 is 23.6 Å². The number of amides is 4. The Balaban J connectivity index is 1.64. The number of nitrogens with zero attached hydrogens (tertiary/aromatic N) is 3. The lowest BCUT2D eigenvalue weighted by molar-refractivity contribution is -0.134. The van der Waals surface area contributed by atoms with Crippen molar-refractivity contribution in [3.05, 3.63) is 77.1 Å². The quantitative estimate of drug-likeness (QED) is 0.290. The molecule has 2 aromatic carbocycles. The molecule has 5 N–H and O–H groups in total. The molecule has 0 aliphatic carbocycles. The molecule has 0 saturated carbocycles. The summed E-state index contributed by atoms with van der Waals surface area (Å²) in [4.78, 5) is 53.2. The summed E-state index contributed by atoms with van der Waals surface area (Å²) in [7, 11) is 0. The molecule has 0 fully saturated rings. The van der Waals surface area contributed by atoms with Crippen LogP contribution in [0.2, 0.25) is 0 Å². The van der Waals surface area contributed by atoms with Crippen LogP contribution in [-0.2, 0) is 33.9 Å². The van der Waals surface area contributed by atoms with E-state index in [-0.39, 0.29) is 31.6 Å². The minimum absolute atomic E-state index is 0.0535. The minimum Gasteiger partial charge on any atom is -0.491 e. The number of fused-ring (bicyclic) bond motifs is 3. The molecule has 43 heavy (non-hydrogen) atoms. The number of carbonyl (C=O) groups excluding carboxylic acids is 4. The number of rotatable bonds is 4. The number of nitrogens with one attached hydrogen (secondary N) is 4. The molecule has 0 unspecified atom stereocenters. The van der Waals surface area contributed by atoms with E-state index >= 15 is 0 Å². The second-order valence-electron chi connectivity index (χ2n) is 10.5. The third-order valence-corrected chi connectivity index (χ3v) is 7.00. The molecule has 13 heteroatoms. The van der Waals surface area contributed by atoms with Crippen LogP contribution in [0, 0.1) is 6.92 Å². The van der Waals surface area contributed by atoms with Crippen molar-refractivity contribution in [3.8, 4) is 5.75 Å². The lowest BCUT2D eigenvalue weighted by Crippen LogP contribution is -2.60. The van der Waals surface area contributed by atoms with Gasteiger partial charge in [-0.1, -0.05) is 54.1 Å². The molecule has 0 saturated heterocycles. The summed E-state index contributed by atoms with van der Waals surface area (Å²) in [6.07, 6.45) is 0.735. The van der Waals surface area contributed by atoms with Gasteiger partial charge in [0.2, 0.25) is 17.7 Å². The highest BCUT2D eigenvalue weighted by Crippen LogP contribution is 2.21. The molecule has 0 radical (unpaired) electrons. The summed E-state index contributed by atoms with van der Waals surface area (Å²) in [6, 6.07) is 10.8. The highest BCUT2D eigenvalue weighted by Gasteiger charge is 2.32. The SMILES string of the molecule is CC[C@@H]1NC(=O)c2cc(C)ccc2OCCn2cc(nn2)CNC(=O)[C@@H](Cc2ccccc2)NC(=O)[C@H]([C@@H](C)O)NC1=O. The summed E-state index contributed by atoms with van der Waals surface area (Å²) < 4.78 is 7.46. The van der Waals surface area contributed by atoms with Crippen LogP contribution in [0.25, 0.3) is 0 Å². The number of aliphatic hydroxyl groups is 1. The van der Waals surface area contributed by atoms with Crippen molar-refractivity contribution in [1.29, 1.82) is 0 Å². The van der Waals surface area contributed by atoms with Crippen LogP contribution in [0.5, 0.6) is 5.75 Å². The fourth-order valence-electron chi connectivity index (χ4n) is 4.59. The predicted octanol–water partition coefficient (Wildman–Crippen LogP) is 0.397. The topological polar surface area (TPSA) is 177 Å². The Hall–Kier alpha value is -4.78. The molecule has 3 aromatic rings. The van der Waals surface area contributed by atoms with Crippen LogP contribution in [0.1, 0.15) is 47.4 Å². The number of hydrogen-bond acceptors (Lipinski definition) is 8. The van der Waals surface area contributed by atoms with E-state index in [0.29, 0.717) is 18.0 Å². The fraction of sp³-hybridized carbons (Fsp3) is 0.400. The molecule has 1 aromatic heterocycles. The molecule has 13 nitrogen and oxygen atoms in total. The van der Waals surface area contributed by atoms with Gasteiger partial charge in [-0.3, -0.25) is 19.2 Å². The van der Waals surface area contributed by atoms with Crippen molar-refractivity contribution in [2.24, 2.45) is 0 Å². The maximum absolute atomic E-state index is 13.4. The van der Waals surface area contributed by atoms with Gasteiger partial charge in [0.25, 0.3) is 5.91 Å². The van der Waals surface area contributed by atoms with E-state index in [1.54, 1.807) is 29.9 Å². The van der Waals surface area contributed by atoms with E-state index in [9.17, 15) is 24.3 Å². The van der Waals surface area contributed by atoms with Gasteiger partial charge in [0.05, 0.1) is 31.0 Å². The number of carbonyl (C=O) groups is 4. The first kappa shape index (κ1) is 31.2. The van der Waals surface area contributed by atoms with Crippen LogP contribution < -0.4 is 26.0 Å². The summed E-state index contributed by atoms with van der Waals surface area (Å²) in [5.74, 6) is -2.10. The highest BCUT2D eigenvalue weighted by atomic mass is 16.5. The lowest BCUT2D eigenvalue weighted by Gasteiger charge is -2.26. The minimum atomic E-state index is -1.40. The Morgan fingerprint density at radius 3 is 2.49 bits per heavy atom. The first-order chi connectivity index (χ1) is 20.6. The van der Waals surface area contributed by atoms with Gasteiger partial charge in [-0.15, -0.1) is 5.10 Å². The fourth-order valence-corrected chi connectivity index (χ4v) is 4.59. The van der Waals surface area contributed by atoms with E-state index in [4.69, 9.17) is 4.74 Å². The van der Waals surface area contributed by atoms with E-state index in [1.807, 2.05) is 43.3 Å².